The van der Waals surface area contributed by atoms with Crippen LogP contribution in [-0.2, 0) is 0 Å². The number of hydrogen-bond donors (Lipinski definition) is 1. The zero-order valence-corrected chi connectivity index (χ0v) is 17.9. The summed E-state index contributed by atoms with van der Waals surface area (Å²) in [7, 11) is 0. The van der Waals surface area contributed by atoms with Gasteiger partial charge in [0.2, 0.25) is 0 Å². The van der Waals surface area contributed by atoms with Crippen LogP contribution in [0.5, 0.6) is 0 Å². The van der Waals surface area contributed by atoms with Crippen LogP contribution in [0.4, 0.5) is 5.69 Å². The number of rotatable bonds is 7. The van der Waals surface area contributed by atoms with Crippen molar-refractivity contribution in [2.75, 3.05) is 17.6 Å². The summed E-state index contributed by atoms with van der Waals surface area (Å²) in [6.45, 7) is 2.37. The Morgan fingerprint density at radius 1 is 0.903 bits per heavy atom. The number of anilines is 1. The van der Waals surface area contributed by atoms with Gasteiger partial charge in [-0.1, -0.05) is 35.9 Å². The first-order valence-electron chi connectivity index (χ1n) is 10.1. The number of fused-ring (bicyclic) bond motifs is 1. The fourth-order valence-corrected chi connectivity index (χ4v) is 4.32. The molecule has 3 aromatic carbocycles. The first-order valence-corrected chi connectivity index (χ1v) is 11.1. The van der Waals surface area contributed by atoms with Crippen LogP contribution in [0.15, 0.2) is 77.7 Å². The first-order chi connectivity index (χ1) is 15.0. The van der Waals surface area contributed by atoms with E-state index >= 15 is 0 Å². The zero-order valence-electron chi connectivity index (χ0n) is 17.1. The molecule has 0 aromatic heterocycles. The van der Waals surface area contributed by atoms with Gasteiger partial charge in [-0.15, -0.1) is 11.8 Å². The Kier molecular flexibility index (Phi) is 6.18. The molecule has 156 valence electrons. The molecule has 0 bridgehead atoms. The molecule has 0 saturated carbocycles. The second-order valence-corrected chi connectivity index (χ2v) is 8.53. The summed E-state index contributed by atoms with van der Waals surface area (Å²) in [5.74, 6) is 0.175. The number of benzene rings is 3. The van der Waals surface area contributed by atoms with Gasteiger partial charge in [-0.3, -0.25) is 19.3 Å². The van der Waals surface area contributed by atoms with Crippen molar-refractivity contribution in [3.05, 3.63) is 95.1 Å². The van der Waals surface area contributed by atoms with Crippen LogP contribution in [0.25, 0.3) is 0 Å². The lowest BCUT2D eigenvalue weighted by Crippen LogP contribution is -2.30. The molecule has 1 heterocycles. The van der Waals surface area contributed by atoms with Crippen molar-refractivity contribution in [2.24, 2.45) is 0 Å². The van der Waals surface area contributed by atoms with Crippen LogP contribution >= 0.6 is 11.8 Å². The molecule has 0 aliphatic carbocycles. The minimum atomic E-state index is -0.216. The molecule has 1 aliphatic rings. The third-order valence-corrected chi connectivity index (χ3v) is 6.16. The van der Waals surface area contributed by atoms with Gasteiger partial charge in [0.15, 0.2) is 0 Å². The molecule has 0 radical (unpaired) electrons. The Bertz CT molecular complexity index is 1110. The van der Waals surface area contributed by atoms with Crippen molar-refractivity contribution in [3.8, 4) is 0 Å². The van der Waals surface area contributed by atoms with Crippen molar-refractivity contribution in [2.45, 2.75) is 18.2 Å². The van der Waals surface area contributed by atoms with Crippen molar-refractivity contribution in [3.63, 3.8) is 0 Å². The van der Waals surface area contributed by atoms with Crippen molar-refractivity contribution in [1.29, 1.82) is 0 Å². The number of amides is 3. The van der Waals surface area contributed by atoms with Gasteiger partial charge < -0.3 is 5.32 Å². The normalized spacial score (nSPS) is 12.7. The molecule has 0 spiro atoms. The third kappa shape index (κ3) is 4.70. The smallest absolute Gasteiger partial charge is 0.261 e. The van der Waals surface area contributed by atoms with E-state index in [0.29, 0.717) is 29.7 Å². The van der Waals surface area contributed by atoms with Gasteiger partial charge in [-0.05, 0) is 61.6 Å². The van der Waals surface area contributed by atoms with Crippen LogP contribution in [0.3, 0.4) is 0 Å². The molecule has 1 N–H and O–H groups in total. The van der Waals surface area contributed by atoms with Gasteiger partial charge >= 0.3 is 0 Å². The van der Waals surface area contributed by atoms with Crippen molar-refractivity contribution >= 4 is 35.2 Å². The molecule has 3 amide bonds. The van der Waals surface area contributed by atoms with Gasteiger partial charge in [0.25, 0.3) is 17.7 Å². The summed E-state index contributed by atoms with van der Waals surface area (Å²) in [5.41, 5.74) is 3.42. The van der Waals surface area contributed by atoms with E-state index in [9.17, 15) is 14.4 Å². The number of imide groups is 1. The van der Waals surface area contributed by atoms with E-state index in [1.165, 1.54) is 4.90 Å². The highest BCUT2D eigenvalue weighted by molar-refractivity contribution is 7.99. The van der Waals surface area contributed by atoms with Crippen LogP contribution in [-0.4, -0.2) is 34.9 Å². The van der Waals surface area contributed by atoms with Crippen LogP contribution in [0, 0.1) is 6.92 Å². The molecular formula is C25H22N2O3S. The second-order valence-electron chi connectivity index (χ2n) is 7.36. The first kappa shape index (κ1) is 20.9. The summed E-state index contributed by atoms with van der Waals surface area (Å²) in [5, 5.41) is 2.93. The number of thioether (sulfide) groups is 1. The average molecular weight is 431 g/mol. The topological polar surface area (TPSA) is 66.5 Å². The SMILES string of the molecule is Cc1ccc(C(=O)Nc2cccc(SCCCN3C(=O)c4ccccc4C3=O)c2)cc1. The number of nitrogens with zero attached hydrogens (tertiary/aromatic N) is 1. The number of carbonyl (C=O) groups excluding carboxylic acids is 3. The Balaban J connectivity index is 1.29. The lowest BCUT2D eigenvalue weighted by molar-refractivity contribution is 0.0654. The van der Waals surface area contributed by atoms with Gasteiger partial charge in [0, 0.05) is 22.7 Å². The second kappa shape index (κ2) is 9.18. The Morgan fingerprint density at radius 2 is 1.58 bits per heavy atom. The van der Waals surface area contributed by atoms with Gasteiger partial charge in [-0.2, -0.15) is 0 Å². The maximum Gasteiger partial charge on any atom is 0.261 e. The summed E-state index contributed by atoms with van der Waals surface area (Å²) >= 11 is 1.63. The van der Waals surface area contributed by atoms with Crippen molar-refractivity contribution < 1.29 is 14.4 Å². The number of hydrogen-bond acceptors (Lipinski definition) is 4. The predicted octanol–water partition coefficient (Wildman–Crippen LogP) is 5.03. The standard InChI is InChI=1S/C25H22N2O3S/c1-17-10-12-18(13-11-17)23(28)26-19-6-4-7-20(16-19)31-15-5-14-27-24(29)21-8-2-3-9-22(21)25(27)30/h2-4,6-13,16H,5,14-15H2,1H3,(H,26,28). The summed E-state index contributed by atoms with van der Waals surface area (Å²) in [6.07, 6.45) is 0.691. The Morgan fingerprint density at radius 3 is 2.26 bits per heavy atom. The molecule has 4 rings (SSSR count). The van der Waals surface area contributed by atoms with Gasteiger partial charge in [0.1, 0.15) is 0 Å². The van der Waals surface area contributed by atoms with E-state index in [1.807, 2.05) is 55.5 Å². The molecule has 6 heteroatoms. The predicted molar refractivity (Wildman–Crippen MR) is 123 cm³/mol. The zero-order chi connectivity index (χ0) is 21.8. The van der Waals surface area contributed by atoms with E-state index < -0.39 is 0 Å². The molecule has 0 unspecified atom stereocenters. The third-order valence-electron chi connectivity index (χ3n) is 5.08. The summed E-state index contributed by atoms with van der Waals surface area (Å²) in [4.78, 5) is 39.6. The van der Waals surface area contributed by atoms with E-state index in [0.717, 1.165) is 21.9 Å². The number of aryl methyl sites for hydroxylation is 1. The molecule has 5 nitrogen and oxygen atoms in total. The maximum atomic E-state index is 12.4. The Hall–Kier alpha value is -3.38. The van der Waals surface area contributed by atoms with E-state index in [1.54, 1.807) is 36.0 Å². The summed E-state index contributed by atoms with van der Waals surface area (Å²) in [6, 6.07) is 22.0. The fraction of sp³-hybridized carbons (Fsp3) is 0.160. The molecule has 0 saturated heterocycles. The Labute approximate surface area is 185 Å². The average Bonchev–Trinajstić information content (AvgIpc) is 3.02. The van der Waals surface area contributed by atoms with E-state index in [4.69, 9.17) is 0 Å². The maximum absolute atomic E-state index is 12.4. The minimum absolute atomic E-state index is 0.146. The molecule has 0 fully saturated rings. The van der Waals surface area contributed by atoms with Crippen LogP contribution < -0.4 is 5.32 Å². The number of carbonyl (C=O) groups is 3. The van der Waals surface area contributed by atoms with E-state index in [2.05, 4.69) is 5.32 Å². The highest BCUT2D eigenvalue weighted by atomic mass is 32.2. The number of nitrogens with one attached hydrogen (secondary N) is 1. The molecule has 31 heavy (non-hydrogen) atoms. The fourth-order valence-electron chi connectivity index (χ4n) is 3.43. The highest BCUT2D eigenvalue weighted by Crippen LogP contribution is 2.25. The lowest BCUT2D eigenvalue weighted by Gasteiger charge is -2.13. The monoisotopic (exact) mass is 430 g/mol. The van der Waals surface area contributed by atoms with Gasteiger partial charge in [0.05, 0.1) is 11.1 Å². The largest absolute Gasteiger partial charge is 0.322 e. The van der Waals surface area contributed by atoms with Gasteiger partial charge in [-0.25, -0.2) is 0 Å². The highest BCUT2D eigenvalue weighted by Gasteiger charge is 2.34. The minimum Gasteiger partial charge on any atom is -0.322 e. The van der Waals surface area contributed by atoms with Crippen LogP contribution in [0.2, 0.25) is 0 Å². The van der Waals surface area contributed by atoms with Crippen LogP contribution in [0.1, 0.15) is 43.1 Å². The molecule has 3 aromatic rings. The quantitative estimate of drug-likeness (QED) is 0.324. The molecular weight excluding hydrogens is 408 g/mol. The lowest BCUT2D eigenvalue weighted by atomic mass is 10.1. The molecule has 1 aliphatic heterocycles. The van der Waals surface area contributed by atoms with Crippen molar-refractivity contribution in [1.82, 2.24) is 4.90 Å². The molecule has 0 atom stereocenters. The van der Waals surface area contributed by atoms with E-state index in [-0.39, 0.29) is 17.7 Å². The summed E-state index contributed by atoms with van der Waals surface area (Å²) < 4.78 is 0.